The molecule has 4 aliphatic heterocycles. The van der Waals surface area contributed by atoms with Crippen LogP contribution in [0.2, 0.25) is 0 Å². The van der Waals surface area contributed by atoms with Crippen LogP contribution in [0.4, 0.5) is 11.8 Å². The summed E-state index contributed by atoms with van der Waals surface area (Å²) in [5, 5.41) is 14.5. The van der Waals surface area contributed by atoms with E-state index >= 15 is 0 Å². The van der Waals surface area contributed by atoms with Crippen molar-refractivity contribution in [2.45, 2.75) is 25.7 Å². The molecule has 0 amide bonds. The van der Waals surface area contributed by atoms with Crippen molar-refractivity contribution in [1.82, 2.24) is 30.8 Å². The molecule has 9 nitrogen and oxygen atoms in total. The highest BCUT2D eigenvalue weighted by molar-refractivity contribution is 5.37. The standard InChI is InChI=1S/C11H16N4.C9H14N4O/c1-3-13-8-11(1)2-6-15(9-11)10-7-12-4-5-14-10;1-3-10-5-9(1)2-4-13(6-9)8-12-11-7-14-8/h4-5,7,13H,1-3,6,8-9H2;7,10H,1-6H2. The van der Waals surface area contributed by atoms with Crippen LogP contribution in [0.1, 0.15) is 25.7 Å². The van der Waals surface area contributed by atoms with Gasteiger partial charge < -0.3 is 24.9 Å². The van der Waals surface area contributed by atoms with Crippen molar-refractivity contribution in [3.8, 4) is 0 Å². The lowest BCUT2D eigenvalue weighted by molar-refractivity contribution is 0.367. The molecule has 2 unspecified atom stereocenters. The maximum atomic E-state index is 5.20. The lowest BCUT2D eigenvalue weighted by Crippen LogP contribution is -2.29. The lowest BCUT2D eigenvalue weighted by atomic mass is 9.87. The Labute approximate surface area is 171 Å². The molecule has 2 atom stereocenters. The van der Waals surface area contributed by atoms with Gasteiger partial charge >= 0.3 is 6.01 Å². The molecule has 6 heterocycles. The number of hydrogen-bond acceptors (Lipinski definition) is 9. The number of rotatable bonds is 2. The monoisotopic (exact) mass is 398 g/mol. The third-order valence-electron chi connectivity index (χ3n) is 7.03. The van der Waals surface area contributed by atoms with Crippen molar-refractivity contribution in [1.29, 1.82) is 0 Å². The molecule has 0 radical (unpaired) electrons. The fourth-order valence-corrected chi connectivity index (χ4v) is 5.28. The van der Waals surface area contributed by atoms with Crippen LogP contribution in [-0.4, -0.2) is 72.5 Å². The summed E-state index contributed by atoms with van der Waals surface area (Å²) >= 11 is 0. The lowest BCUT2D eigenvalue weighted by Gasteiger charge is -2.22. The highest BCUT2D eigenvalue weighted by Gasteiger charge is 2.42. The molecule has 2 aromatic heterocycles. The summed E-state index contributed by atoms with van der Waals surface area (Å²) < 4.78 is 5.20. The summed E-state index contributed by atoms with van der Waals surface area (Å²) in [6, 6.07) is 0.675. The highest BCUT2D eigenvalue weighted by Crippen LogP contribution is 2.38. The van der Waals surface area contributed by atoms with E-state index < -0.39 is 0 Å². The van der Waals surface area contributed by atoms with Crippen LogP contribution in [0, 0.1) is 10.8 Å². The molecule has 6 rings (SSSR count). The Bertz CT molecular complexity index is 771. The minimum Gasteiger partial charge on any atom is -0.411 e. The Kier molecular flexibility index (Phi) is 5.09. The van der Waals surface area contributed by atoms with Gasteiger partial charge in [-0.2, -0.15) is 0 Å². The van der Waals surface area contributed by atoms with Crippen LogP contribution in [-0.2, 0) is 0 Å². The van der Waals surface area contributed by atoms with Crippen molar-refractivity contribution < 1.29 is 4.42 Å². The second-order valence-corrected chi connectivity index (χ2v) is 8.98. The fraction of sp³-hybridized carbons (Fsp3) is 0.700. The van der Waals surface area contributed by atoms with Crippen molar-refractivity contribution in [3.05, 3.63) is 25.0 Å². The zero-order valence-electron chi connectivity index (χ0n) is 16.9. The Hall–Kier alpha value is -2.26. The second-order valence-electron chi connectivity index (χ2n) is 8.98. The number of nitrogens with one attached hydrogen (secondary N) is 2. The van der Waals surface area contributed by atoms with Crippen LogP contribution in [0.25, 0.3) is 0 Å². The number of hydrogen-bond donors (Lipinski definition) is 2. The van der Waals surface area contributed by atoms with Crippen LogP contribution in [0.15, 0.2) is 29.4 Å². The van der Waals surface area contributed by atoms with E-state index in [-0.39, 0.29) is 0 Å². The predicted molar refractivity (Wildman–Crippen MR) is 110 cm³/mol. The molecular formula is C20H30N8O. The van der Waals surface area contributed by atoms with Gasteiger partial charge in [-0.3, -0.25) is 4.98 Å². The SMILES string of the molecule is c1cnc(N2CCC3(CCNC3)C2)cn1.c1nnc(N2CCC3(CCNC3)C2)o1. The molecule has 0 aromatic carbocycles. The van der Waals surface area contributed by atoms with E-state index in [2.05, 4.69) is 40.6 Å². The van der Waals surface area contributed by atoms with E-state index in [4.69, 9.17) is 4.42 Å². The van der Waals surface area contributed by atoms with Gasteiger partial charge in [0.2, 0.25) is 6.39 Å². The van der Waals surface area contributed by atoms with Gasteiger partial charge in [-0.1, -0.05) is 5.10 Å². The largest absolute Gasteiger partial charge is 0.411 e. The molecule has 2 aromatic rings. The molecule has 4 fully saturated rings. The maximum Gasteiger partial charge on any atom is 0.317 e. The van der Waals surface area contributed by atoms with Gasteiger partial charge in [-0.25, -0.2) is 4.98 Å². The van der Waals surface area contributed by atoms with E-state index in [1.165, 1.54) is 45.2 Å². The van der Waals surface area contributed by atoms with Crippen molar-refractivity contribution in [2.75, 3.05) is 62.2 Å². The molecular weight excluding hydrogens is 368 g/mol. The summed E-state index contributed by atoms with van der Waals surface area (Å²) in [4.78, 5) is 13.0. The van der Waals surface area contributed by atoms with Gasteiger partial charge in [0.15, 0.2) is 0 Å². The Morgan fingerprint density at radius 2 is 1.62 bits per heavy atom. The first-order valence-corrected chi connectivity index (χ1v) is 10.7. The second kappa shape index (κ2) is 7.87. The molecule has 2 spiro atoms. The van der Waals surface area contributed by atoms with Crippen molar-refractivity contribution in [3.63, 3.8) is 0 Å². The van der Waals surface area contributed by atoms with E-state index in [0.29, 0.717) is 16.8 Å². The summed E-state index contributed by atoms with van der Waals surface area (Å²) in [5.74, 6) is 1.03. The summed E-state index contributed by atoms with van der Waals surface area (Å²) in [6.45, 7) is 9.00. The summed E-state index contributed by atoms with van der Waals surface area (Å²) in [6.07, 6.45) is 11.9. The van der Waals surface area contributed by atoms with E-state index in [9.17, 15) is 0 Å². The van der Waals surface area contributed by atoms with Crippen LogP contribution in [0.5, 0.6) is 0 Å². The van der Waals surface area contributed by atoms with Gasteiger partial charge in [-0.15, -0.1) is 5.10 Å². The molecule has 0 aliphatic carbocycles. The van der Waals surface area contributed by atoms with Gasteiger partial charge in [0, 0.05) is 62.5 Å². The molecule has 2 N–H and O–H groups in total. The van der Waals surface area contributed by atoms with Crippen molar-refractivity contribution >= 4 is 11.8 Å². The minimum absolute atomic E-state index is 0.467. The molecule has 4 aliphatic rings. The summed E-state index contributed by atoms with van der Waals surface area (Å²) in [5.41, 5.74) is 0.978. The van der Waals surface area contributed by atoms with Gasteiger partial charge in [0.1, 0.15) is 5.82 Å². The smallest absolute Gasteiger partial charge is 0.317 e. The number of anilines is 2. The molecule has 4 saturated heterocycles. The fourth-order valence-electron chi connectivity index (χ4n) is 5.28. The Morgan fingerprint density at radius 3 is 2.21 bits per heavy atom. The first kappa shape index (κ1) is 18.7. The van der Waals surface area contributed by atoms with Gasteiger partial charge in [-0.05, 0) is 38.8 Å². The molecule has 156 valence electrons. The molecule has 29 heavy (non-hydrogen) atoms. The van der Waals surface area contributed by atoms with Crippen LogP contribution >= 0.6 is 0 Å². The average Bonchev–Trinajstić information content (AvgIpc) is 3.59. The van der Waals surface area contributed by atoms with Crippen LogP contribution in [0.3, 0.4) is 0 Å². The Morgan fingerprint density at radius 1 is 0.897 bits per heavy atom. The third-order valence-corrected chi connectivity index (χ3v) is 7.03. The number of nitrogens with zero attached hydrogens (tertiary/aromatic N) is 6. The molecule has 9 heteroatoms. The topological polar surface area (TPSA) is 95.2 Å². The van der Waals surface area contributed by atoms with Crippen molar-refractivity contribution in [2.24, 2.45) is 10.8 Å². The maximum absolute atomic E-state index is 5.20. The molecule has 0 saturated carbocycles. The quantitative estimate of drug-likeness (QED) is 0.766. The Balaban J connectivity index is 0.000000125. The van der Waals surface area contributed by atoms with E-state index in [0.717, 1.165) is 45.1 Å². The zero-order valence-corrected chi connectivity index (χ0v) is 16.9. The third kappa shape index (κ3) is 3.93. The zero-order chi connectivity index (χ0) is 19.6. The molecule has 0 bridgehead atoms. The van der Waals surface area contributed by atoms with Crippen LogP contribution < -0.4 is 20.4 Å². The number of aromatic nitrogens is 4. The summed E-state index contributed by atoms with van der Waals surface area (Å²) in [7, 11) is 0. The normalized spacial score (nSPS) is 31.0. The van der Waals surface area contributed by atoms with E-state index in [1.54, 1.807) is 12.4 Å². The van der Waals surface area contributed by atoms with Gasteiger partial charge in [0.25, 0.3) is 0 Å². The predicted octanol–water partition coefficient (Wildman–Crippen LogP) is 0.926. The minimum atomic E-state index is 0.467. The van der Waals surface area contributed by atoms with E-state index in [1.807, 2.05) is 6.20 Å². The average molecular weight is 399 g/mol. The first-order chi connectivity index (χ1) is 14.3. The van der Waals surface area contributed by atoms with Gasteiger partial charge in [0.05, 0.1) is 6.20 Å². The first-order valence-electron chi connectivity index (χ1n) is 10.7. The highest BCUT2D eigenvalue weighted by atomic mass is 16.4.